The van der Waals surface area contributed by atoms with E-state index in [1.807, 2.05) is 0 Å². The molecule has 8 heteroatoms. The van der Waals surface area contributed by atoms with Gasteiger partial charge in [0.1, 0.15) is 5.02 Å². The quantitative estimate of drug-likeness (QED) is 0.620. The van der Waals surface area contributed by atoms with Gasteiger partial charge in [-0.3, -0.25) is 19.7 Å². The van der Waals surface area contributed by atoms with Crippen LogP contribution in [0.25, 0.3) is 0 Å². The summed E-state index contributed by atoms with van der Waals surface area (Å²) >= 11 is 5.79. The monoisotopic (exact) mass is 379 g/mol. The minimum Gasteiger partial charge on any atom is -0.353 e. The molecule has 0 spiro atoms. The van der Waals surface area contributed by atoms with Crippen LogP contribution in [0.3, 0.4) is 0 Å². The van der Waals surface area contributed by atoms with E-state index in [4.69, 9.17) is 11.6 Å². The van der Waals surface area contributed by atoms with Gasteiger partial charge >= 0.3 is 0 Å². The van der Waals surface area contributed by atoms with Crippen molar-refractivity contribution < 1.29 is 14.5 Å². The van der Waals surface area contributed by atoms with Gasteiger partial charge in [-0.05, 0) is 43.2 Å². The van der Waals surface area contributed by atoms with Crippen molar-refractivity contribution in [1.29, 1.82) is 0 Å². The van der Waals surface area contributed by atoms with Crippen molar-refractivity contribution in [3.63, 3.8) is 0 Å². The van der Waals surface area contributed by atoms with Crippen molar-refractivity contribution in [1.82, 2.24) is 10.6 Å². The first-order chi connectivity index (χ1) is 12.4. The minimum absolute atomic E-state index is 0.00239. The number of hydrogen-bond donors (Lipinski definition) is 2. The highest BCUT2D eigenvalue weighted by Crippen LogP contribution is 2.37. The molecule has 26 heavy (non-hydrogen) atoms. The summed E-state index contributed by atoms with van der Waals surface area (Å²) < 4.78 is 0. The molecule has 1 saturated carbocycles. The Balaban J connectivity index is 1.67. The largest absolute Gasteiger partial charge is 0.353 e. The van der Waals surface area contributed by atoms with Crippen LogP contribution >= 0.6 is 11.6 Å². The fourth-order valence-corrected chi connectivity index (χ4v) is 4.41. The Labute approximate surface area is 156 Å². The van der Waals surface area contributed by atoms with Crippen LogP contribution in [0.1, 0.15) is 49.4 Å². The first kappa shape index (κ1) is 18.6. The molecule has 4 atom stereocenters. The molecular formula is C18H22ClN3O4. The van der Waals surface area contributed by atoms with Gasteiger partial charge in [0.05, 0.1) is 4.92 Å². The Morgan fingerprint density at radius 2 is 2.19 bits per heavy atom. The van der Waals surface area contributed by atoms with Gasteiger partial charge in [0, 0.05) is 30.1 Å². The highest BCUT2D eigenvalue weighted by Gasteiger charge is 2.40. The fourth-order valence-electron chi connectivity index (χ4n) is 4.22. The number of piperidine rings is 1. The summed E-state index contributed by atoms with van der Waals surface area (Å²) in [6.07, 6.45) is 4.06. The maximum absolute atomic E-state index is 12.5. The van der Waals surface area contributed by atoms with E-state index in [2.05, 4.69) is 17.6 Å². The first-order valence-electron chi connectivity index (χ1n) is 8.93. The van der Waals surface area contributed by atoms with Gasteiger partial charge in [-0.1, -0.05) is 24.9 Å². The topological polar surface area (TPSA) is 101 Å². The van der Waals surface area contributed by atoms with Gasteiger partial charge in [-0.15, -0.1) is 0 Å². The summed E-state index contributed by atoms with van der Waals surface area (Å²) in [4.78, 5) is 34.8. The van der Waals surface area contributed by atoms with Crippen molar-refractivity contribution in [3.8, 4) is 0 Å². The van der Waals surface area contributed by atoms with E-state index in [0.717, 1.165) is 19.3 Å². The van der Waals surface area contributed by atoms with Crippen LogP contribution in [0.2, 0.25) is 5.02 Å². The molecule has 1 aliphatic carbocycles. The number of nitro benzene ring substituents is 1. The summed E-state index contributed by atoms with van der Waals surface area (Å²) in [5.41, 5.74) is -0.0734. The highest BCUT2D eigenvalue weighted by atomic mass is 35.5. The Kier molecular flexibility index (Phi) is 5.46. The molecule has 3 rings (SSSR count). The Morgan fingerprint density at radius 3 is 2.88 bits per heavy atom. The number of nitro groups is 1. The van der Waals surface area contributed by atoms with E-state index in [0.29, 0.717) is 24.7 Å². The molecule has 1 saturated heterocycles. The normalized spacial score (nSPS) is 28.0. The van der Waals surface area contributed by atoms with Crippen LogP contribution in [0.15, 0.2) is 18.2 Å². The number of carbonyl (C=O) groups is 2. The molecule has 1 aromatic carbocycles. The van der Waals surface area contributed by atoms with Crippen LogP contribution in [0, 0.1) is 22.0 Å². The number of nitrogens with one attached hydrogen (secondary N) is 2. The van der Waals surface area contributed by atoms with Crippen molar-refractivity contribution in [2.45, 2.75) is 51.1 Å². The van der Waals surface area contributed by atoms with E-state index in [1.54, 1.807) is 0 Å². The fraction of sp³-hybridized carbons (Fsp3) is 0.556. The standard InChI is InChI=1S/C18H22ClN3O4/c1-2-10-8-17(23)21-15-9-12(4-5-13(10)15)20-18(24)11-3-6-14(19)16(7-11)22(25)26/h3,6-7,10,12-13,15H,2,4-5,8-9H2,1H3,(H,20,24)(H,21,23). The second-order valence-corrected chi connectivity index (χ2v) is 7.52. The number of amides is 2. The molecule has 1 heterocycles. The van der Waals surface area contributed by atoms with E-state index < -0.39 is 4.92 Å². The van der Waals surface area contributed by atoms with Crippen molar-refractivity contribution in [2.24, 2.45) is 11.8 Å². The first-order valence-corrected chi connectivity index (χ1v) is 9.31. The SMILES string of the molecule is CCC1CC(=O)NC2CC(NC(=O)c3ccc(Cl)c([N+](=O)[O-])c3)CCC12. The molecule has 4 unspecified atom stereocenters. The number of rotatable bonds is 4. The zero-order chi connectivity index (χ0) is 18.8. The highest BCUT2D eigenvalue weighted by molar-refractivity contribution is 6.32. The molecular weight excluding hydrogens is 358 g/mol. The van der Waals surface area contributed by atoms with Gasteiger partial charge in [0.25, 0.3) is 11.6 Å². The number of carbonyl (C=O) groups excluding carboxylic acids is 2. The molecule has 7 nitrogen and oxygen atoms in total. The summed E-state index contributed by atoms with van der Waals surface area (Å²) in [7, 11) is 0. The second kappa shape index (κ2) is 7.61. The van der Waals surface area contributed by atoms with E-state index >= 15 is 0 Å². The lowest BCUT2D eigenvalue weighted by Crippen LogP contribution is -2.55. The van der Waals surface area contributed by atoms with Gasteiger partial charge in [-0.2, -0.15) is 0 Å². The molecule has 0 aromatic heterocycles. The van der Waals surface area contributed by atoms with Crippen molar-refractivity contribution >= 4 is 29.1 Å². The number of fused-ring (bicyclic) bond motifs is 1. The molecule has 0 radical (unpaired) electrons. The summed E-state index contributed by atoms with van der Waals surface area (Å²) in [5, 5.41) is 17.0. The average Bonchev–Trinajstić information content (AvgIpc) is 2.60. The van der Waals surface area contributed by atoms with Crippen molar-refractivity contribution in [2.75, 3.05) is 0 Å². The Hall–Kier alpha value is -2.15. The minimum atomic E-state index is -0.604. The third kappa shape index (κ3) is 3.82. The number of benzene rings is 1. The smallest absolute Gasteiger partial charge is 0.288 e. The number of halogens is 1. The molecule has 2 N–H and O–H groups in total. The summed E-state index contributed by atoms with van der Waals surface area (Å²) in [6, 6.07) is 4.05. The lowest BCUT2D eigenvalue weighted by molar-refractivity contribution is -0.384. The van der Waals surface area contributed by atoms with Crippen LogP contribution < -0.4 is 10.6 Å². The van der Waals surface area contributed by atoms with Crippen LogP contribution in [0.4, 0.5) is 5.69 Å². The molecule has 2 fully saturated rings. The third-order valence-corrected chi connectivity index (χ3v) is 5.89. The third-order valence-electron chi connectivity index (χ3n) is 5.57. The van der Waals surface area contributed by atoms with E-state index in [-0.39, 0.29) is 40.2 Å². The van der Waals surface area contributed by atoms with E-state index in [1.165, 1.54) is 18.2 Å². The predicted molar refractivity (Wildman–Crippen MR) is 97.0 cm³/mol. The maximum Gasteiger partial charge on any atom is 0.288 e. The average molecular weight is 380 g/mol. The van der Waals surface area contributed by atoms with Gasteiger partial charge in [-0.25, -0.2) is 0 Å². The predicted octanol–water partition coefficient (Wildman–Crippen LogP) is 3.06. The molecule has 140 valence electrons. The second-order valence-electron chi connectivity index (χ2n) is 7.12. The number of hydrogen-bond acceptors (Lipinski definition) is 4. The zero-order valence-corrected chi connectivity index (χ0v) is 15.3. The zero-order valence-electron chi connectivity index (χ0n) is 14.5. The Bertz CT molecular complexity index is 739. The Morgan fingerprint density at radius 1 is 1.42 bits per heavy atom. The summed E-state index contributed by atoms with van der Waals surface area (Å²) in [5.74, 6) is 0.590. The van der Waals surface area contributed by atoms with Crippen molar-refractivity contribution in [3.05, 3.63) is 38.9 Å². The molecule has 2 amide bonds. The number of nitrogens with zero attached hydrogens (tertiary/aromatic N) is 1. The van der Waals surface area contributed by atoms with Gasteiger partial charge in [0.15, 0.2) is 0 Å². The lowest BCUT2D eigenvalue weighted by atomic mass is 9.70. The molecule has 0 bridgehead atoms. The van der Waals surface area contributed by atoms with Crippen LogP contribution in [-0.2, 0) is 4.79 Å². The van der Waals surface area contributed by atoms with Crippen LogP contribution in [0.5, 0.6) is 0 Å². The van der Waals surface area contributed by atoms with Crippen LogP contribution in [-0.4, -0.2) is 28.8 Å². The maximum atomic E-state index is 12.5. The van der Waals surface area contributed by atoms with E-state index in [9.17, 15) is 19.7 Å². The van der Waals surface area contributed by atoms with Gasteiger partial charge in [0.2, 0.25) is 5.91 Å². The molecule has 1 aromatic rings. The summed E-state index contributed by atoms with van der Waals surface area (Å²) in [6.45, 7) is 2.11. The molecule has 1 aliphatic heterocycles. The lowest BCUT2D eigenvalue weighted by Gasteiger charge is -2.44. The van der Waals surface area contributed by atoms with Gasteiger partial charge < -0.3 is 10.6 Å². The molecule has 2 aliphatic rings.